The summed E-state index contributed by atoms with van der Waals surface area (Å²) in [5, 5.41) is 6.81. The minimum Gasteiger partial charge on any atom is -0.493 e. The van der Waals surface area contributed by atoms with Gasteiger partial charge in [0.15, 0.2) is 0 Å². The average molecular weight is 439 g/mol. The third-order valence-corrected chi connectivity index (χ3v) is 6.15. The summed E-state index contributed by atoms with van der Waals surface area (Å²) in [4.78, 5) is 13.0. The molecule has 0 spiro atoms. The highest BCUT2D eigenvalue weighted by Gasteiger charge is 2.20. The van der Waals surface area contributed by atoms with Gasteiger partial charge in [0.2, 0.25) is 5.91 Å². The van der Waals surface area contributed by atoms with E-state index in [1.54, 1.807) is 0 Å². The average Bonchev–Trinajstić information content (AvgIpc) is 2.82. The van der Waals surface area contributed by atoms with Crippen molar-refractivity contribution in [1.82, 2.24) is 10.6 Å². The molecule has 0 radical (unpaired) electrons. The zero-order valence-corrected chi connectivity index (χ0v) is 20.6. The highest BCUT2D eigenvalue weighted by Crippen LogP contribution is 2.21. The normalized spacial score (nSPS) is 14.9. The van der Waals surface area contributed by atoms with Crippen molar-refractivity contribution >= 4 is 5.91 Å². The molecule has 2 aromatic rings. The van der Waals surface area contributed by atoms with Crippen molar-refractivity contribution in [3.8, 4) is 5.75 Å². The lowest BCUT2D eigenvalue weighted by Crippen LogP contribution is -2.38. The number of amides is 1. The number of hydrogen-bond acceptors (Lipinski definition) is 3. The summed E-state index contributed by atoms with van der Waals surface area (Å²) < 4.78 is 5.96. The quantitative estimate of drug-likeness (QED) is 0.375. The molecule has 0 fully saturated rings. The molecule has 2 aromatic carbocycles. The van der Waals surface area contributed by atoms with Crippen molar-refractivity contribution in [2.45, 2.75) is 65.8 Å². The summed E-state index contributed by atoms with van der Waals surface area (Å²) >= 11 is 0. The maximum atomic E-state index is 13.0. The number of ether oxygens (including phenoxy) is 1. The van der Waals surface area contributed by atoms with E-state index < -0.39 is 0 Å². The zero-order chi connectivity index (χ0) is 23.3. The van der Waals surface area contributed by atoms with Gasteiger partial charge in [-0.15, -0.1) is 0 Å². The minimum atomic E-state index is -0.198. The van der Waals surface area contributed by atoms with Gasteiger partial charge in [0.05, 0.1) is 18.6 Å². The fourth-order valence-corrected chi connectivity index (χ4v) is 3.67. The first-order chi connectivity index (χ1) is 15.4. The number of carbonyl (C=O) groups excluding carboxylic acids is 1. The molecule has 2 rings (SSSR count). The number of carbonyl (C=O) groups is 1. The monoisotopic (exact) mass is 438 g/mol. The van der Waals surface area contributed by atoms with Gasteiger partial charge in [0.1, 0.15) is 5.75 Å². The van der Waals surface area contributed by atoms with Crippen LogP contribution in [0.2, 0.25) is 0 Å². The van der Waals surface area contributed by atoms with Crippen molar-refractivity contribution < 1.29 is 9.53 Å². The smallest absolute Gasteiger partial charge is 0.227 e. The van der Waals surface area contributed by atoms with Gasteiger partial charge in [-0.2, -0.15) is 0 Å². The highest BCUT2D eigenvalue weighted by molar-refractivity contribution is 5.83. The number of hydrogen-bond donors (Lipinski definition) is 2. The Morgan fingerprint density at radius 1 is 0.875 bits per heavy atom. The summed E-state index contributed by atoms with van der Waals surface area (Å²) in [5.41, 5.74) is 2.12. The first-order valence-corrected chi connectivity index (χ1v) is 12.2. The topological polar surface area (TPSA) is 50.4 Å². The summed E-state index contributed by atoms with van der Waals surface area (Å²) in [7, 11) is 0. The SMILES string of the molecule is CCCC(C)COc1ccc([C@H](CNCC(C)CC)NC(=O)C(C)c2ccccc2)cc1. The molecule has 0 aliphatic carbocycles. The third kappa shape index (κ3) is 8.66. The molecule has 0 aliphatic heterocycles. The second-order valence-electron chi connectivity index (χ2n) is 9.14. The molecular weight excluding hydrogens is 396 g/mol. The first-order valence-electron chi connectivity index (χ1n) is 12.2. The molecule has 4 atom stereocenters. The summed E-state index contributed by atoms with van der Waals surface area (Å²) in [6.07, 6.45) is 3.49. The van der Waals surface area contributed by atoms with Crippen molar-refractivity contribution in [3.05, 3.63) is 65.7 Å². The van der Waals surface area contributed by atoms with E-state index in [0.717, 1.165) is 36.4 Å². The van der Waals surface area contributed by atoms with Crippen LogP contribution in [-0.4, -0.2) is 25.6 Å². The van der Waals surface area contributed by atoms with E-state index in [0.29, 0.717) is 18.4 Å². The summed E-state index contributed by atoms with van der Waals surface area (Å²) in [6, 6.07) is 18.0. The number of nitrogens with one attached hydrogen (secondary N) is 2. The lowest BCUT2D eigenvalue weighted by Gasteiger charge is -2.23. The predicted octanol–water partition coefficient (Wildman–Crippen LogP) is 6.10. The van der Waals surface area contributed by atoms with Crippen molar-refractivity contribution in [2.75, 3.05) is 19.7 Å². The molecule has 2 N–H and O–H groups in total. The largest absolute Gasteiger partial charge is 0.493 e. The molecular formula is C28H42N2O2. The molecule has 0 aliphatic rings. The number of benzene rings is 2. The standard InChI is InChI=1S/C28H42N2O2/c1-6-11-22(4)20-32-26-16-14-25(15-17-26)27(19-29-18-21(3)7-2)30-28(31)23(5)24-12-9-8-10-13-24/h8-10,12-17,21-23,27,29H,6-7,11,18-20H2,1-5H3,(H,30,31)/t21?,22?,23?,27-/m0/s1. The third-order valence-electron chi connectivity index (χ3n) is 6.15. The molecule has 4 heteroatoms. The second-order valence-corrected chi connectivity index (χ2v) is 9.14. The van der Waals surface area contributed by atoms with E-state index in [1.165, 1.54) is 12.8 Å². The van der Waals surface area contributed by atoms with Crippen LogP contribution in [0.3, 0.4) is 0 Å². The lowest BCUT2D eigenvalue weighted by atomic mass is 9.99. The van der Waals surface area contributed by atoms with E-state index >= 15 is 0 Å². The Kier molecular flexibility index (Phi) is 11.3. The Morgan fingerprint density at radius 2 is 1.56 bits per heavy atom. The van der Waals surface area contributed by atoms with Crippen LogP contribution < -0.4 is 15.4 Å². The van der Waals surface area contributed by atoms with Crippen LogP contribution in [0.5, 0.6) is 5.75 Å². The van der Waals surface area contributed by atoms with E-state index in [1.807, 2.05) is 49.4 Å². The van der Waals surface area contributed by atoms with Gasteiger partial charge < -0.3 is 15.4 Å². The van der Waals surface area contributed by atoms with Crippen LogP contribution in [0.4, 0.5) is 0 Å². The van der Waals surface area contributed by atoms with Gasteiger partial charge in [-0.1, -0.05) is 83.0 Å². The van der Waals surface area contributed by atoms with Gasteiger partial charge >= 0.3 is 0 Å². The van der Waals surface area contributed by atoms with Gasteiger partial charge in [-0.3, -0.25) is 4.79 Å². The Bertz CT molecular complexity index is 776. The Hall–Kier alpha value is -2.33. The van der Waals surface area contributed by atoms with Crippen LogP contribution >= 0.6 is 0 Å². The van der Waals surface area contributed by atoms with Gasteiger partial charge in [-0.05, 0) is 55.0 Å². The fourth-order valence-electron chi connectivity index (χ4n) is 3.67. The lowest BCUT2D eigenvalue weighted by molar-refractivity contribution is -0.123. The second kappa shape index (κ2) is 13.9. The van der Waals surface area contributed by atoms with Crippen molar-refractivity contribution in [3.63, 3.8) is 0 Å². The maximum Gasteiger partial charge on any atom is 0.227 e. The summed E-state index contributed by atoms with van der Waals surface area (Å²) in [6.45, 7) is 13.2. The van der Waals surface area contributed by atoms with Crippen LogP contribution in [-0.2, 0) is 4.79 Å². The minimum absolute atomic E-state index is 0.0419. The van der Waals surface area contributed by atoms with Gasteiger partial charge in [0, 0.05) is 6.54 Å². The Morgan fingerprint density at radius 3 is 2.19 bits per heavy atom. The van der Waals surface area contributed by atoms with Gasteiger partial charge in [-0.25, -0.2) is 0 Å². The molecule has 0 heterocycles. The summed E-state index contributed by atoms with van der Waals surface area (Å²) in [5.74, 6) is 1.88. The van der Waals surface area contributed by atoms with E-state index in [-0.39, 0.29) is 17.9 Å². The molecule has 176 valence electrons. The molecule has 1 amide bonds. The molecule has 0 bridgehead atoms. The maximum absolute atomic E-state index is 13.0. The van der Waals surface area contributed by atoms with Crippen LogP contribution in [0, 0.1) is 11.8 Å². The van der Waals surface area contributed by atoms with Crippen molar-refractivity contribution in [2.24, 2.45) is 11.8 Å². The van der Waals surface area contributed by atoms with E-state index in [4.69, 9.17) is 4.74 Å². The molecule has 32 heavy (non-hydrogen) atoms. The Balaban J connectivity index is 2.05. The van der Waals surface area contributed by atoms with Crippen LogP contribution in [0.1, 0.15) is 77.0 Å². The van der Waals surface area contributed by atoms with Crippen LogP contribution in [0.15, 0.2) is 54.6 Å². The highest BCUT2D eigenvalue weighted by atomic mass is 16.5. The molecule has 0 saturated heterocycles. The van der Waals surface area contributed by atoms with Crippen LogP contribution in [0.25, 0.3) is 0 Å². The van der Waals surface area contributed by atoms with E-state index in [2.05, 4.69) is 50.5 Å². The predicted molar refractivity (Wildman–Crippen MR) is 134 cm³/mol. The fraction of sp³-hybridized carbons (Fsp3) is 0.536. The molecule has 4 nitrogen and oxygen atoms in total. The van der Waals surface area contributed by atoms with Gasteiger partial charge in [0.25, 0.3) is 0 Å². The zero-order valence-electron chi connectivity index (χ0n) is 20.6. The molecule has 3 unspecified atom stereocenters. The van der Waals surface area contributed by atoms with E-state index in [9.17, 15) is 4.79 Å². The molecule has 0 saturated carbocycles. The Labute approximate surface area is 195 Å². The first kappa shape index (κ1) is 25.9. The molecule has 0 aromatic heterocycles. The van der Waals surface area contributed by atoms with Crippen molar-refractivity contribution in [1.29, 1.82) is 0 Å². The number of rotatable bonds is 14.